The van der Waals surface area contributed by atoms with Crippen LogP contribution < -0.4 is 5.32 Å². The molecule has 0 spiro atoms. The highest BCUT2D eigenvalue weighted by atomic mass is 19.4. The van der Waals surface area contributed by atoms with Crippen molar-refractivity contribution >= 4 is 0 Å². The van der Waals surface area contributed by atoms with Gasteiger partial charge in [0.15, 0.2) is 0 Å². The van der Waals surface area contributed by atoms with Crippen LogP contribution in [0.5, 0.6) is 0 Å². The summed E-state index contributed by atoms with van der Waals surface area (Å²) < 4.78 is 35.9. The lowest BCUT2D eigenvalue weighted by Crippen LogP contribution is -2.36. The van der Waals surface area contributed by atoms with Gasteiger partial charge in [0.25, 0.3) is 0 Å². The molecule has 0 saturated carbocycles. The second kappa shape index (κ2) is 7.34. The molecule has 0 bridgehead atoms. The summed E-state index contributed by atoms with van der Waals surface area (Å²) in [6, 6.07) is 0. The average molecular weight is 266 g/mol. The van der Waals surface area contributed by atoms with E-state index in [-0.39, 0.29) is 0 Å². The highest BCUT2D eigenvalue weighted by Gasteiger charge is 2.26. The van der Waals surface area contributed by atoms with E-state index in [4.69, 9.17) is 0 Å². The molecule has 0 amide bonds. The molecule has 1 atom stereocenters. The quantitative estimate of drug-likeness (QED) is 0.770. The van der Waals surface area contributed by atoms with E-state index in [2.05, 4.69) is 24.1 Å². The maximum absolute atomic E-state index is 12.0. The molecule has 1 heterocycles. The summed E-state index contributed by atoms with van der Waals surface area (Å²) in [6.45, 7) is 6.83. The Morgan fingerprint density at radius 3 is 2.56 bits per heavy atom. The van der Waals surface area contributed by atoms with Crippen LogP contribution >= 0.6 is 0 Å². The van der Waals surface area contributed by atoms with Crippen molar-refractivity contribution in [1.82, 2.24) is 10.2 Å². The molecule has 1 N–H and O–H groups in total. The van der Waals surface area contributed by atoms with Crippen LogP contribution in [-0.2, 0) is 0 Å². The van der Waals surface area contributed by atoms with E-state index in [1.54, 1.807) is 0 Å². The molecular weight excluding hydrogens is 241 g/mol. The smallest absolute Gasteiger partial charge is 0.307 e. The summed E-state index contributed by atoms with van der Waals surface area (Å²) in [6.07, 6.45) is -0.495. The van der Waals surface area contributed by atoms with E-state index in [1.807, 2.05) is 0 Å². The Balaban J connectivity index is 2.16. The average Bonchev–Trinajstić information content (AvgIpc) is 2.48. The van der Waals surface area contributed by atoms with Crippen LogP contribution in [0, 0.1) is 11.8 Å². The van der Waals surface area contributed by atoms with Gasteiger partial charge in [0.1, 0.15) is 0 Å². The molecule has 0 aromatic carbocycles. The largest absolute Gasteiger partial charge is 0.401 e. The van der Waals surface area contributed by atoms with Gasteiger partial charge >= 0.3 is 6.18 Å². The number of rotatable bonds is 5. The van der Waals surface area contributed by atoms with Crippen LogP contribution in [0.4, 0.5) is 13.2 Å². The zero-order valence-electron chi connectivity index (χ0n) is 11.4. The zero-order valence-corrected chi connectivity index (χ0v) is 11.4. The maximum Gasteiger partial charge on any atom is 0.401 e. The van der Waals surface area contributed by atoms with Gasteiger partial charge in [-0.3, -0.25) is 0 Å². The Morgan fingerprint density at radius 2 is 1.94 bits per heavy atom. The van der Waals surface area contributed by atoms with Gasteiger partial charge in [0.2, 0.25) is 0 Å². The van der Waals surface area contributed by atoms with Gasteiger partial charge in [-0.1, -0.05) is 13.8 Å². The molecule has 0 aliphatic carbocycles. The first-order chi connectivity index (χ1) is 8.38. The number of likely N-dealkylation sites (tertiary alicyclic amines) is 1. The SMILES string of the molecule is CC(C)C1CCCN(CCNCC(F)(F)F)CC1. The molecule has 0 aromatic rings. The Kier molecular flexibility index (Phi) is 6.43. The van der Waals surface area contributed by atoms with Gasteiger partial charge in [-0.25, -0.2) is 0 Å². The number of nitrogens with zero attached hydrogens (tertiary/aromatic N) is 1. The van der Waals surface area contributed by atoms with Crippen molar-refractivity contribution in [3.8, 4) is 0 Å². The van der Waals surface area contributed by atoms with Crippen LogP contribution in [0.15, 0.2) is 0 Å². The van der Waals surface area contributed by atoms with E-state index in [0.29, 0.717) is 12.5 Å². The summed E-state index contributed by atoms with van der Waals surface area (Å²) in [5.74, 6) is 1.49. The fourth-order valence-corrected chi connectivity index (χ4v) is 2.54. The molecule has 108 valence electrons. The van der Waals surface area contributed by atoms with Crippen molar-refractivity contribution in [2.24, 2.45) is 11.8 Å². The lowest BCUT2D eigenvalue weighted by molar-refractivity contribution is -0.124. The van der Waals surface area contributed by atoms with E-state index in [0.717, 1.165) is 25.6 Å². The third-order valence-electron chi connectivity index (χ3n) is 3.74. The van der Waals surface area contributed by atoms with E-state index in [1.165, 1.54) is 19.3 Å². The standard InChI is InChI=1S/C13H25F3N2/c1-11(2)12-4-3-7-18(8-5-12)9-6-17-10-13(14,15)16/h11-12,17H,3-10H2,1-2H3. The van der Waals surface area contributed by atoms with Crippen LogP contribution in [0.1, 0.15) is 33.1 Å². The third-order valence-corrected chi connectivity index (χ3v) is 3.74. The summed E-state index contributed by atoms with van der Waals surface area (Å²) >= 11 is 0. The first kappa shape index (κ1) is 15.8. The lowest BCUT2D eigenvalue weighted by atomic mass is 9.89. The van der Waals surface area contributed by atoms with Gasteiger partial charge in [0.05, 0.1) is 6.54 Å². The molecule has 1 aliphatic rings. The highest BCUT2D eigenvalue weighted by molar-refractivity contribution is 4.72. The number of nitrogens with one attached hydrogen (secondary N) is 1. The molecule has 0 radical (unpaired) electrons. The monoisotopic (exact) mass is 266 g/mol. The van der Waals surface area contributed by atoms with Crippen LogP contribution in [0.2, 0.25) is 0 Å². The predicted octanol–water partition coefficient (Wildman–Crippen LogP) is 2.90. The van der Waals surface area contributed by atoms with Gasteiger partial charge in [-0.05, 0) is 44.2 Å². The number of halogens is 3. The molecular formula is C13H25F3N2. The fraction of sp³-hybridized carbons (Fsp3) is 1.00. The van der Waals surface area contributed by atoms with E-state index >= 15 is 0 Å². The molecule has 5 heteroatoms. The Morgan fingerprint density at radius 1 is 1.22 bits per heavy atom. The predicted molar refractivity (Wildman–Crippen MR) is 67.5 cm³/mol. The minimum absolute atomic E-state index is 0.422. The third kappa shape index (κ3) is 6.59. The molecule has 1 unspecified atom stereocenters. The molecule has 1 aliphatic heterocycles. The first-order valence-corrected chi connectivity index (χ1v) is 6.88. The van der Waals surface area contributed by atoms with Crippen molar-refractivity contribution in [2.75, 3.05) is 32.7 Å². The van der Waals surface area contributed by atoms with Crippen molar-refractivity contribution in [3.05, 3.63) is 0 Å². The normalized spacial score (nSPS) is 23.3. The second-order valence-electron chi connectivity index (χ2n) is 5.57. The molecule has 1 fully saturated rings. The highest BCUT2D eigenvalue weighted by Crippen LogP contribution is 2.24. The number of alkyl halides is 3. The summed E-state index contributed by atoms with van der Waals surface area (Å²) in [5.41, 5.74) is 0. The summed E-state index contributed by atoms with van der Waals surface area (Å²) in [7, 11) is 0. The van der Waals surface area contributed by atoms with E-state index < -0.39 is 12.7 Å². The number of hydrogen-bond donors (Lipinski definition) is 1. The van der Waals surface area contributed by atoms with Crippen LogP contribution in [0.25, 0.3) is 0 Å². The van der Waals surface area contributed by atoms with Crippen LogP contribution in [-0.4, -0.2) is 43.8 Å². The van der Waals surface area contributed by atoms with Crippen molar-refractivity contribution in [2.45, 2.75) is 39.3 Å². The Hall–Kier alpha value is -0.290. The molecule has 1 saturated heterocycles. The molecule has 18 heavy (non-hydrogen) atoms. The number of hydrogen-bond acceptors (Lipinski definition) is 2. The second-order valence-corrected chi connectivity index (χ2v) is 5.57. The fourth-order valence-electron chi connectivity index (χ4n) is 2.54. The first-order valence-electron chi connectivity index (χ1n) is 6.88. The molecule has 2 nitrogen and oxygen atoms in total. The van der Waals surface area contributed by atoms with Crippen molar-refractivity contribution in [3.63, 3.8) is 0 Å². The minimum atomic E-state index is -4.10. The van der Waals surface area contributed by atoms with Crippen molar-refractivity contribution in [1.29, 1.82) is 0 Å². The summed E-state index contributed by atoms with van der Waals surface area (Å²) in [4.78, 5) is 2.28. The summed E-state index contributed by atoms with van der Waals surface area (Å²) in [5, 5.41) is 2.46. The molecule has 1 rings (SSSR count). The van der Waals surface area contributed by atoms with E-state index in [9.17, 15) is 13.2 Å². The zero-order chi connectivity index (χ0) is 13.6. The topological polar surface area (TPSA) is 15.3 Å². The Labute approximate surface area is 108 Å². The molecule has 0 aromatic heterocycles. The van der Waals surface area contributed by atoms with Gasteiger partial charge in [0, 0.05) is 13.1 Å². The maximum atomic E-state index is 12.0. The minimum Gasteiger partial charge on any atom is -0.307 e. The Bertz CT molecular complexity index is 229. The van der Waals surface area contributed by atoms with Gasteiger partial charge < -0.3 is 10.2 Å². The lowest BCUT2D eigenvalue weighted by Gasteiger charge is -2.21. The van der Waals surface area contributed by atoms with Gasteiger partial charge in [-0.2, -0.15) is 13.2 Å². The van der Waals surface area contributed by atoms with Crippen LogP contribution in [0.3, 0.4) is 0 Å². The van der Waals surface area contributed by atoms with Gasteiger partial charge in [-0.15, -0.1) is 0 Å². The van der Waals surface area contributed by atoms with Crippen molar-refractivity contribution < 1.29 is 13.2 Å².